The molecule has 0 bridgehead atoms. The molecule has 1 saturated carbocycles. The van der Waals surface area contributed by atoms with Crippen molar-refractivity contribution in [2.45, 2.75) is 50.5 Å². The van der Waals surface area contributed by atoms with Gasteiger partial charge in [0, 0.05) is 50.1 Å². The SMILES string of the molecule is COc1cccc(CCC(=O)N2CC(c3nncn3C3CC3)C3(CCOCC3)C2)c1. The first kappa shape index (κ1) is 19.5. The van der Waals surface area contributed by atoms with E-state index in [0.29, 0.717) is 12.5 Å². The van der Waals surface area contributed by atoms with Crippen LogP contribution in [0.15, 0.2) is 30.6 Å². The van der Waals surface area contributed by atoms with E-state index in [2.05, 4.69) is 25.7 Å². The van der Waals surface area contributed by atoms with E-state index < -0.39 is 0 Å². The number of aryl methyl sites for hydroxylation is 1. The summed E-state index contributed by atoms with van der Waals surface area (Å²) >= 11 is 0. The van der Waals surface area contributed by atoms with Crippen LogP contribution in [0.2, 0.25) is 0 Å². The van der Waals surface area contributed by atoms with Crippen molar-refractivity contribution in [1.29, 1.82) is 0 Å². The zero-order chi connectivity index (χ0) is 20.6. The zero-order valence-electron chi connectivity index (χ0n) is 17.6. The summed E-state index contributed by atoms with van der Waals surface area (Å²) in [6.45, 7) is 3.07. The highest BCUT2D eigenvalue weighted by Gasteiger charge is 2.51. The number of amides is 1. The Kier molecular flexibility index (Phi) is 5.23. The Hall–Kier alpha value is -2.41. The summed E-state index contributed by atoms with van der Waals surface area (Å²) in [5, 5.41) is 8.77. The van der Waals surface area contributed by atoms with Crippen LogP contribution in [0.5, 0.6) is 5.75 Å². The molecule has 2 aliphatic heterocycles. The van der Waals surface area contributed by atoms with Gasteiger partial charge in [-0.25, -0.2) is 0 Å². The van der Waals surface area contributed by atoms with Crippen LogP contribution in [-0.2, 0) is 16.0 Å². The second-order valence-electron chi connectivity index (χ2n) is 8.98. The highest BCUT2D eigenvalue weighted by molar-refractivity contribution is 5.77. The average Bonchev–Trinajstić information content (AvgIpc) is 3.41. The fourth-order valence-electron chi connectivity index (χ4n) is 5.17. The normalized spacial score (nSPS) is 23.1. The highest BCUT2D eigenvalue weighted by Crippen LogP contribution is 2.50. The molecule has 1 aromatic carbocycles. The zero-order valence-corrected chi connectivity index (χ0v) is 17.6. The predicted molar refractivity (Wildman–Crippen MR) is 111 cm³/mol. The lowest BCUT2D eigenvalue weighted by Crippen LogP contribution is -2.37. The van der Waals surface area contributed by atoms with Gasteiger partial charge in [0.1, 0.15) is 17.9 Å². The molecule has 3 fully saturated rings. The van der Waals surface area contributed by atoms with Crippen LogP contribution in [0.25, 0.3) is 0 Å². The minimum atomic E-state index is 0.0591. The minimum absolute atomic E-state index is 0.0591. The number of carbonyl (C=O) groups excluding carboxylic acids is 1. The number of aromatic nitrogens is 3. The number of ether oxygens (including phenoxy) is 2. The average molecular weight is 411 g/mol. The second-order valence-corrected chi connectivity index (χ2v) is 8.98. The molecular formula is C23H30N4O3. The molecule has 0 radical (unpaired) electrons. The first-order valence-electron chi connectivity index (χ1n) is 11.1. The van der Waals surface area contributed by atoms with Crippen LogP contribution in [0.3, 0.4) is 0 Å². The maximum absolute atomic E-state index is 13.2. The lowest BCUT2D eigenvalue weighted by Gasteiger charge is -2.37. The van der Waals surface area contributed by atoms with E-state index in [0.717, 1.165) is 62.7 Å². The second kappa shape index (κ2) is 8.02. The Morgan fingerprint density at radius 2 is 2.13 bits per heavy atom. The third-order valence-electron chi connectivity index (χ3n) is 7.10. The third kappa shape index (κ3) is 3.71. The summed E-state index contributed by atoms with van der Waals surface area (Å²) in [7, 11) is 1.67. The van der Waals surface area contributed by atoms with E-state index in [4.69, 9.17) is 9.47 Å². The maximum atomic E-state index is 13.2. The van der Waals surface area contributed by atoms with E-state index in [9.17, 15) is 4.79 Å². The van der Waals surface area contributed by atoms with E-state index in [1.54, 1.807) is 7.11 Å². The Bertz CT molecular complexity index is 901. The topological polar surface area (TPSA) is 69.5 Å². The van der Waals surface area contributed by atoms with Gasteiger partial charge in [-0.3, -0.25) is 4.79 Å². The molecule has 0 N–H and O–H groups in total. The fraction of sp³-hybridized carbons (Fsp3) is 0.609. The van der Waals surface area contributed by atoms with Crippen molar-refractivity contribution in [2.75, 3.05) is 33.4 Å². The monoisotopic (exact) mass is 410 g/mol. The molecule has 1 aliphatic carbocycles. The molecule has 5 rings (SSSR count). The number of likely N-dealkylation sites (tertiary alicyclic amines) is 1. The van der Waals surface area contributed by atoms with Gasteiger partial charge in [0.05, 0.1) is 7.11 Å². The molecule has 1 amide bonds. The van der Waals surface area contributed by atoms with Gasteiger partial charge in [-0.15, -0.1) is 10.2 Å². The van der Waals surface area contributed by atoms with Gasteiger partial charge >= 0.3 is 0 Å². The van der Waals surface area contributed by atoms with Crippen molar-refractivity contribution < 1.29 is 14.3 Å². The van der Waals surface area contributed by atoms with E-state index in [1.807, 2.05) is 24.5 Å². The van der Waals surface area contributed by atoms with Crippen molar-refractivity contribution in [2.24, 2.45) is 5.41 Å². The first-order chi connectivity index (χ1) is 14.7. The summed E-state index contributed by atoms with van der Waals surface area (Å²) in [4.78, 5) is 15.2. The van der Waals surface area contributed by atoms with Crippen LogP contribution >= 0.6 is 0 Å². The summed E-state index contributed by atoms with van der Waals surface area (Å²) in [5.74, 6) is 2.37. The Labute approximate surface area is 177 Å². The van der Waals surface area contributed by atoms with Gasteiger partial charge in [0.2, 0.25) is 5.91 Å². The standard InChI is InChI=1S/C23H30N4O3/c1-29-19-4-2-3-17(13-19)5-8-21(28)26-14-20(23(15-26)9-11-30-12-10-23)22-25-24-16-27(22)18-6-7-18/h2-4,13,16,18,20H,5-12,14-15H2,1H3. The maximum Gasteiger partial charge on any atom is 0.222 e. The van der Waals surface area contributed by atoms with Crippen LogP contribution in [0, 0.1) is 5.41 Å². The Balaban J connectivity index is 1.32. The van der Waals surface area contributed by atoms with E-state index in [1.165, 1.54) is 12.8 Å². The summed E-state index contributed by atoms with van der Waals surface area (Å²) in [5.41, 5.74) is 1.19. The molecule has 2 aromatic rings. The van der Waals surface area contributed by atoms with Crippen LogP contribution < -0.4 is 4.74 Å². The summed E-state index contributed by atoms with van der Waals surface area (Å²) < 4.78 is 13.3. The Morgan fingerprint density at radius 3 is 2.90 bits per heavy atom. The molecule has 3 heterocycles. The van der Waals surface area contributed by atoms with Crippen LogP contribution in [0.4, 0.5) is 0 Å². The van der Waals surface area contributed by atoms with Crippen LogP contribution in [0.1, 0.15) is 55.5 Å². The Morgan fingerprint density at radius 1 is 1.30 bits per heavy atom. The molecule has 1 atom stereocenters. The van der Waals surface area contributed by atoms with Crippen molar-refractivity contribution in [3.63, 3.8) is 0 Å². The number of hydrogen-bond acceptors (Lipinski definition) is 5. The first-order valence-corrected chi connectivity index (χ1v) is 11.1. The van der Waals surface area contributed by atoms with Crippen molar-refractivity contribution >= 4 is 5.91 Å². The van der Waals surface area contributed by atoms with Gasteiger partial charge in [-0.1, -0.05) is 12.1 Å². The van der Waals surface area contributed by atoms with E-state index in [-0.39, 0.29) is 17.2 Å². The minimum Gasteiger partial charge on any atom is -0.497 e. The largest absolute Gasteiger partial charge is 0.497 e. The molecule has 1 unspecified atom stereocenters. The number of carbonyl (C=O) groups is 1. The molecular weight excluding hydrogens is 380 g/mol. The van der Waals surface area contributed by atoms with Crippen molar-refractivity contribution in [3.05, 3.63) is 42.0 Å². The van der Waals surface area contributed by atoms with Crippen molar-refractivity contribution in [3.8, 4) is 5.75 Å². The lowest BCUT2D eigenvalue weighted by atomic mass is 9.71. The summed E-state index contributed by atoms with van der Waals surface area (Å²) in [6.07, 6.45) is 7.50. The van der Waals surface area contributed by atoms with Gasteiger partial charge in [0.25, 0.3) is 0 Å². The molecule has 160 valence electrons. The quantitative estimate of drug-likeness (QED) is 0.732. The van der Waals surface area contributed by atoms with Crippen molar-refractivity contribution in [1.82, 2.24) is 19.7 Å². The number of nitrogens with zero attached hydrogens (tertiary/aromatic N) is 4. The van der Waals surface area contributed by atoms with Gasteiger partial charge in [-0.05, 0) is 49.8 Å². The molecule has 7 nitrogen and oxygen atoms in total. The number of rotatable bonds is 6. The number of hydrogen-bond donors (Lipinski definition) is 0. The smallest absolute Gasteiger partial charge is 0.222 e. The number of benzene rings is 1. The third-order valence-corrected chi connectivity index (χ3v) is 7.10. The fourth-order valence-corrected chi connectivity index (χ4v) is 5.17. The van der Waals surface area contributed by atoms with E-state index >= 15 is 0 Å². The predicted octanol–water partition coefficient (Wildman–Crippen LogP) is 2.98. The molecule has 7 heteroatoms. The summed E-state index contributed by atoms with van der Waals surface area (Å²) in [6, 6.07) is 8.52. The molecule has 1 spiro atoms. The number of methoxy groups -OCH3 is 1. The van der Waals surface area contributed by atoms with Crippen LogP contribution in [-0.4, -0.2) is 59.0 Å². The molecule has 1 aromatic heterocycles. The van der Waals surface area contributed by atoms with Gasteiger partial charge in [-0.2, -0.15) is 0 Å². The highest BCUT2D eigenvalue weighted by atomic mass is 16.5. The molecule has 2 saturated heterocycles. The van der Waals surface area contributed by atoms with Gasteiger partial charge in [0.15, 0.2) is 0 Å². The molecule has 30 heavy (non-hydrogen) atoms. The molecule has 3 aliphatic rings. The lowest BCUT2D eigenvalue weighted by molar-refractivity contribution is -0.130. The van der Waals surface area contributed by atoms with Gasteiger partial charge < -0.3 is 18.9 Å².